The first-order chi connectivity index (χ1) is 15.1. The number of aromatic nitrogens is 1. The third-order valence-electron chi connectivity index (χ3n) is 4.94. The van der Waals surface area contributed by atoms with E-state index in [2.05, 4.69) is 5.32 Å². The van der Waals surface area contributed by atoms with Crippen LogP contribution in [-0.4, -0.2) is 23.1 Å². The van der Waals surface area contributed by atoms with Crippen molar-refractivity contribution in [3.8, 4) is 11.3 Å². The number of nitrogens with one attached hydrogen (secondary N) is 1. The summed E-state index contributed by atoms with van der Waals surface area (Å²) in [6.07, 6.45) is 0. The molecule has 6 heteroatoms. The fourth-order valence-electron chi connectivity index (χ4n) is 3.55. The summed E-state index contributed by atoms with van der Waals surface area (Å²) in [6.45, 7) is 2.22. The number of amides is 1. The largest absolute Gasteiger partial charge is 0.465 e. The first-order valence-electron chi connectivity index (χ1n) is 9.97. The number of hydrogen-bond acceptors (Lipinski definition) is 3. The van der Waals surface area contributed by atoms with Gasteiger partial charge in [0.25, 0.3) is 5.91 Å². The number of hydrogen-bond donors (Lipinski definition) is 1. The number of carbonyl (C=O) groups is 2. The molecule has 156 valence electrons. The van der Waals surface area contributed by atoms with Gasteiger partial charge in [0.2, 0.25) is 0 Å². The van der Waals surface area contributed by atoms with E-state index in [0.29, 0.717) is 22.9 Å². The molecule has 0 aliphatic rings. The van der Waals surface area contributed by atoms with E-state index in [-0.39, 0.29) is 18.4 Å². The van der Waals surface area contributed by atoms with Gasteiger partial charge in [0, 0.05) is 22.3 Å². The van der Waals surface area contributed by atoms with E-state index in [1.807, 2.05) is 59.2 Å². The molecule has 4 rings (SSSR count). The molecule has 0 unspecified atom stereocenters. The Hall–Kier alpha value is -3.57. The summed E-state index contributed by atoms with van der Waals surface area (Å²) in [7, 11) is 0. The van der Waals surface area contributed by atoms with Crippen molar-refractivity contribution in [2.75, 3.05) is 11.9 Å². The maximum atomic E-state index is 12.6. The van der Waals surface area contributed by atoms with Crippen LogP contribution < -0.4 is 5.32 Å². The summed E-state index contributed by atoms with van der Waals surface area (Å²) in [5.41, 5.74) is 3.82. The molecule has 5 nitrogen and oxygen atoms in total. The highest BCUT2D eigenvalue weighted by atomic mass is 35.5. The van der Waals surface area contributed by atoms with Crippen molar-refractivity contribution in [2.45, 2.75) is 13.5 Å². The Morgan fingerprint density at radius 1 is 0.968 bits per heavy atom. The van der Waals surface area contributed by atoms with Crippen LogP contribution in [0.5, 0.6) is 0 Å². The van der Waals surface area contributed by atoms with Gasteiger partial charge in [0.05, 0.1) is 17.2 Å². The second kappa shape index (κ2) is 9.06. The number of anilines is 1. The Balaban J connectivity index is 1.72. The molecule has 0 spiro atoms. The Bertz CT molecular complexity index is 1250. The van der Waals surface area contributed by atoms with Crippen LogP contribution >= 0.6 is 11.6 Å². The van der Waals surface area contributed by atoms with E-state index in [4.69, 9.17) is 16.3 Å². The van der Waals surface area contributed by atoms with Crippen molar-refractivity contribution in [3.63, 3.8) is 0 Å². The predicted octanol–water partition coefficient (Wildman–Crippen LogP) is 5.78. The highest BCUT2D eigenvalue weighted by Crippen LogP contribution is 2.30. The van der Waals surface area contributed by atoms with Crippen LogP contribution in [0.1, 0.15) is 17.3 Å². The van der Waals surface area contributed by atoms with Gasteiger partial charge in [-0.05, 0) is 48.9 Å². The lowest BCUT2D eigenvalue weighted by Crippen LogP contribution is -2.14. The van der Waals surface area contributed by atoms with Crippen LogP contribution in [-0.2, 0) is 16.1 Å². The lowest BCUT2D eigenvalue weighted by Gasteiger charge is -2.11. The average Bonchev–Trinajstić information content (AvgIpc) is 3.12. The van der Waals surface area contributed by atoms with E-state index in [1.165, 1.54) is 0 Å². The van der Waals surface area contributed by atoms with Gasteiger partial charge in [-0.1, -0.05) is 54.1 Å². The molecule has 0 aliphatic heterocycles. The maximum absolute atomic E-state index is 12.6. The van der Waals surface area contributed by atoms with Crippen LogP contribution in [0.4, 0.5) is 5.69 Å². The van der Waals surface area contributed by atoms with E-state index in [0.717, 1.165) is 22.2 Å². The van der Waals surface area contributed by atoms with Crippen molar-refractivity contribution in [1.82, 2.24) is 4.57 Å². The van der Waals surface area contributed by atoms with E-state index in [9.17, 15) is 9.59 Å². The summed E-state index contributed by atoms with van der Waals surface area (Å²) >= 11 is 6.14. The molecular formula is C25H21ClN2O3. The maximum Gasteiger partial charge on any atom is 0.325 e. The van der Waals surface area contributed by atoms with Crippen LogP contribution in [0.3, 0.4) is 0 Å². The topological polar surface area (TPSA) is 60.3 Å². The van der Waals surface area contributed by atoms with Crippen LogP contribution in [0.25, 0.3) is 22.2 Å². The fourth-order valence-corrected chi connectivity index (χ4v) is 3.77. The van der Waals surface area contributed by atoms with Gasteiger partial charge >= 0.3 is 5.97 Å². The van der Waals surface area contributed by atoms with Crippen LogP contribution in [0.2, 0.25) is 5.02 Å². The summed E-state index contributed by atoms with van der Waals surface area (Å²) in [4.78, 5) is 24.8. The number of fused-ring (bicyclic) bond motifs is 1. The second-order valence-corrected chi connectivity index (χ2v) is 7.40. The van der Waals surface area contributed by atoms with E-state index >= 15 is 0 Å². The Morgan fingerprint density at radius 2 is 1.71 bits per heavy atom. The summed E-state index contributed by atoms with van der Waals surface area (Å²) < 4.78 is 7.10. The lowest BCUT2D eigenvalue weighted by molar-refractivity contribution is -0.143. The molecule has 4 aromatic rings. The van der Waals surface area contributed by atoms with Gasteiger partial charge < -0.3 is 14.6 Å². The Labute approximate surface area is 185 Å². The molecule has 0 saturated heterocycles. The molecule has 1 heterocycles. The summed E-state index contributed by atoms with van der Waals surface area (Å²) in [5, 5.41) is 4.20. The highest BCUT2D eigenvalue weighted by Gasteiger charge is 2.16. The zero-order chi connectivity index (χ0) is 21.8. The third-order valence-corrected chi connectivity index (χ3v) is 5.27. The highest BCUT2D eigenvalue weighted by molar-refractivity contribution is 6.34. The van der Waals surface area contributed by atoms with Gasteiger partial charge in [0.1, 0.15) is 6.54 Å². The monoisotopic (exact) mass is 432 g/mol. The normalized spacial score (nSPS) is 10.8. The molecule has 31 heavy (non-hydrogen) atoms. The van der Waals surface area contributed by atoms with Crippen molar-refractivity contribution >= 4 is 40.1 Å². The van der Waals surface area contributed by atoms with Crippen LogP contribution in [0.15, 0.2) is 78.9 Å². The van der Waals surface area contributed by atoms with Gasteiger partial charge in [-0.15, -0.1) is 0 Å². The number of esters is 1. The molecule has 0 bridgehead atoms. The minimum absolute atomic E-state index is 0.104. The van der Waals surface area contributed by atoms with Crippen molar-refractivity contribution in [1.29, 1.82) is 0 Å². The zero-order valence-corrected chi connectivity index (χ0v) is 17.7. The predicted molar refractivity (Wildman–Crippen MR) is 123 cm³/mol. The molecular weight excluding hydrogens is 412 g/mol. The number of carbonyl (C=O) groups excluding carboxylic acids is 2. The third kappa shape index (κ3) is 4.47. The molecule has 3 aromatic carbocycles. The van der Waals surface area contributed by atoms with Gasteiger partial charge in [-0.25, -0.2) is 0 Å². The van der Waals surface area contributed by atoms with Crippen LogP contribution in [0, 0.1) is 0 Å². The van der Waals surface area contributed by atoms with E-state index < -0.39 is 0 Å². The second-order valence-electron chi connectivity index (χ2n) is 6.99. The molecule has 1 amide bonds. The van der Waals surface area contributed by atoms with Crippen molar-refractivity contribution in [3.05, 3.63) is 89.4 Å². The summed E-state index contributed by atoms with van der Waals surface area (Å²) in [6, 6.07) is 24.4. The van der Waals surface area contributed by atoms with Crippen molar-refractivity contribution in [2.24, 2.45) is 0 Å². The molecule has 0 radical (unpaired) electrons. The quantitative estimate of drug-likeness (QED) is 0.393. The molecule has 0 aliphatic carbocycles. The number of rotatable bonds is 6. The zero-order valence-electron chi connectivity index (χ0n) is 17.0. The minimum atomic E-state index is -0.298. The van der Waals surface area contributed by atoms with Gasteiger partial charge in [-0.2, -0.15) is 0 Å². The molecule has 0 atom stereocenters. The molecule has 0 fully saturated rings. The lowest BCUT2D eigenvalue weighted by atomic mass is 10.1. The van der Waals surface area contributed by atoms with Crippen molar-refractivity contribution < 1.29 is 14.3 Å². The van der Waals surface area contributed by atoms with Gasteiger partial charge in [-0.3, -0.25) is 9.59 Å². The number of halogens is 1. The minimum Gasteiger partial charge on any atom is -0.465 e. The van der Waals surface area contributed by atoms with Gasteiger partial charge in [0.15, 0.2) is 0 Å². The standard InChI is InChI=1S/C25H21ClN2O3/c1-2-31-24(29)16-28-22-13-12-19(27-25(30)20-10-6-7-11-21(20)26)14-18(22)15-23(28)17-8-4-3-5-9-17/h3-15H,2,16H2,1H3,(H,27,30). The molecule has 1 N–H and O–H groups in total. The SMILES string of the molecule is CCOC(=O)Cn1c(-c2ccccc2)cc2cc(NC(=O)c3ccccc3Cl)ccc21. The molecule has 0 saturated carbocycles. The number of nitrogens with zero attached hydrogens (tertiary/aromatic N) is 1. The summed E-state index contributed by atoms with van der Waals surface area (Å²) in [5.74, 6) is -0.576. The molecule has 1 aromatic heterocycles. The fraction of sp³-hybridized carbons (Fsp3) is 0.120. The first kappa shape index (κ1) is 20.7. The number of ether oxygens (including phenoxy) is 1. The smallest absolute Gasteiger partial charge is 0.325 e. The Morgan fingerprint density at radius 3 is 2.45 bits per heavy atom. The Kier molecular flexibility index (Phi) is 6.05. The van der Waals surface area contributed by atoms with E-state index in [1.54, 1.807) is 31.2 Å². The number of benzene rings is 3. The first-order valence-corrected chi connectivity index (χ1v) is 10.3. The average molecular weight is 433 g/mol.